The van der Waals surface area contributed by atoms with Gasteiger partial charge in [0.05, 0.1) is 0 Å². The Bertz CT molecular complexity index is 147. The summed E-state index contributed by atoms with van der Waals surface area (Å²) in [5.41, 5.74) is 6.29. The maximum absolute atomic E-state index is 5.44. The fourth-order valence-electron chi connectivity index (χ4n) is 0.483. The molecule has 0 spiro atoms. The molecule has 1 aromatic carbocycles. The summed E-state index contributed by atoms with van der Waals surface area (Å²) in [5.74, 6) is 0. The van der Waals surface area contributed by atoms with Crippen LogP contribution in [0.15, 0.2) is 24.3 Å². The Morgan fingerprint density at radius 3 is 2.00 bits per heavy atom. The molecule has 0 aliphatic heterocycles. The summed E-state index contributed by atoms with van der Waals surface area (Å²) in [5, 5.41) is 0. The molecule has 0 saturated carbocycles. The van der Waals surface area contributed by atoms with Crippen LogP contribution in [0, 0.1) is 0 Å². The van der Waals surface area contributed by atoms with Gasteiger partial charge in [0.15, 0.2) is 0 Å². The topological polar surface area (TPSA) is 26.0 Å². The van der Waals surface area contributed by atoms with Crippen LogP contribution in [0.3, 0.4) is 0 Å². The van der Waals surface area contributed by atoms with E-state index >= 15 is 0 Å². The summed E-state index contributed by atoms with van der Waals surface area (Å²) in [6.07, 6.45) is 0. The summed E-state index contributed by atoms with van der Waals surface area (Å²) in [6, 6.07) is 7.98. The summed E-state index contributed by atoms with van der Waals surface area (Å²) in [7, 11) is 0. The molecule has 1 rings (SSSR count). The average molecular weight is 299 g/mol. The molecule has 0 saturated heterocycles. The zero-order valence-corrected chi connectivity index (χ0v) is 8.27. The Morgan fingerprint density at radius 2 is 1.62 bits per heavy atom. The number of nitrogens with two attached hydrogens (primary N) is 1. The maximum atomic E-state index is 5.44. The molecule has 39 valence electrons. The third-order valence-corrected chi connectivity index (χ3v) is 2.21. The van der Waals surface area contributed by atoms with Crippen molar-refractivity contribution in [3.8, 4) is 0 Å². The predicted octanol–water partition coefficient (Wildman–Crippen LogP) is 0.0626. The minimum atomic E-state index is 0.851. The van der Waals surface area contributed by atoms with Crippen molar-refractivity contribution in [1.82, 2.24) is 0 Å². The van der Waals surface area contributed by atoms with Crippen LogP contribution in [0.25, 0.3) is 0 Å². The van der Waals surface area contributed by atoms with Crippen molar-refractivity contribution in [3.63, 3.8) is 0 Å². The average Bonchev–Trinajstić information content (AvgIpc) is 1.77. The molecule has 0 heterocycles. The number of anilines is 1. The Morgan fingerprint density at radius 1 is 1.12 bits per heavy atom. The van der Waals surface area contributed by atoms with Crippen LogP contribution >= 0.6 is 0 Å². The van der Waals surface area contributed by atoms with Gasteiger partial charge < -0.3 is 0 Å². The first-order valence-corrected chi connectivity index (χ1v) is 4.30. The molecule has 0 aromatic heterocycles. The molecule has 0 atom stereocenters. The molecule has 0 amide bonds. The molecule has 0 fully saturated rings. The van der Waals surface area contributed by atoms with Gasteiger partial charge in [-0.3, -0.25) is 0 Å². The molecule has 1 aromatic rings. The monoisotopic (exact) mass is 300 g/mol. The SMILES string of the molecule is Nc1cc[c]([Pb])cc1. The predicted molar refractivity (Wildman–Crippen MR) is 36.2 cm³/mol. The number of hydrogen-bond acceptors (Lipinski definition) is 1. The van der Waals surface area contributed by atoms with Crippen molar-refractivity contribution in [1.29, 1.82) is 0 Å². The van der Waals surface area contributed by atoms with Crippen LogP contribution in [-0.2, 0) is 0 Å². The van der Waals surface area contributed by atoms with Gasteiger partial charge in [0.1, 0.15) is 0 Å². The van der Waals surface area contributed by atoms with Crippen molar-refractivity contribution in [2.75, 3.05) is 5.73 Å². The van der Waals surface area contributed by atoms with Crippen molar-refractivity contribution in [2.24, 2.45) is 0 Å². The van der Waals surface area contributed by atoms with Gasteiger partial charge in [0.25, 0.3) is 0 Å². The molecule has 3 radical (unpaired) electrons. The van der Waals surface area contributed by atoms with E-state index in [9.17, 15) is 0 Å². The fraction of sp³-hybridized carbons (Fsp3) is 0. The van der Waals surface area contributed by atoms with Crippen LogP contribution in [0.4, 0.5) is 5.69 Å². The van der Waals surface area contributed by atoms with Crippen LogP contribution in [0.5, 0.6) is 0 Å². The molecule has 0 aliphatic rings. The second-order valence-corrected chi connectivity index (χ2v) is 3.87. The van der Waals surface area contributed by atoms with Gasteiger partial charge in [-0.15, -0.1) is 0 Å². The van der Waals surface area contributed by atoms with Gasteiger partial charge in [-0.25, -0.2) is 0 Å². The Kier molecular flexibility index (Phi) is 1.88. The van der Waals surface area contributed by atoms with Crippen LogP contribution in [0.2, 0.25) is 0 Å². The first-order chi connectivity index (χ1) is 3.79. The van der Waals surface area contributed by atoms with Gasteiger partial charge in [-0.2, -0.15) is 0 Å². The van der Waals surface area contributed by atoms with Gasteiger partial charge in [-0.1, -0.05) is 0 Å². The molecule has 1 nitrogen and oxygen atoms in total. The first-order valence-electron chi connectivity index (χ1n) is 2.36. The number of benzene rings is 1. The van der Waals surface area contributed by atoms with E-state index in [2.05, 4.69) is 12.1 Å². The third-order valence-electron chi connectivity index (χ3n) is 0.911. The molecule has 0 aliphatic carbocycles. The van der Waals surface area contributed by atoms with Gasteiger partial charge in [0.2, 0.25) is 0 Å². The quantitative estimate of drug-likeness (QED) is 0.532. The fourth-order valence-corrected chi connectivity index (χ4v) is 1.13. The summed E-state index contributed by atoms with van der Waals surface area (Å²) < 4.78 is 1.39. The molecule has 0 bridgehead atoms. The van der Waals surface area contributed by atoms with E-state index in [1.807, 2.05) is 12.1 Å². The van der Waals surface area contributed by atoms with Gasteiger partial charge in [0, 0.05) is 0 Å². The van der Waals surface area contributed by atoms with E-state index in [4.69, 9.17) is 5.73 Å². The van der Waals surface area contributed by atoms with Crippen LogP contribution in [0.1, 0.15) is 0 Å². The zero-order chi connectivity index (χ0) is 5.98. The van der Waals surface area contributed by atoms with E-state index in [1.54, 1.807) is 0 Å². The van der Waals surface area contributed by atoms with Crippen molar-refractivity contribution >= 4 is 34.6 Å². The molecule has 0 unspecified atom stereocenters. The molecular formula is C6H6NPb. The van der Waals surface area contributed by atoms with E-state index < -0.39 is 0 Å². The molecule has 8 heavy (non-hydrogen) atoms. The summed E-state index contributed by atoms with van der Waals surface area (Å²) >= 11 is 1.12. The second-order valence-electron chi connectivity index (χ2n) is 1.62. The van der Waals surface area contributed by atoms with Gasteiger partial charge in [-0.05, 0) is 0 Å². The van der Waals surface area contributed by atoms with Crippen molar-refractivity contribution in [3.05, 3.63) is 24.3 Å². The second kappa shape index (κ2) is 2.48. The third kappa shape index (κ3) is 1.47. The van der Waals surface area contributed by atoms with E-state index in [-0.39, 0.29) is 0 Å². The van der Waals surface area contributed by atoms with Crippen LogP contribution in [-0.4, -0.2) is 25.8 Å². The number of rotatable bonds is 0. The minimum absolute atomic E-state index is 0.851. The summed E-state index contributed by atoms with van der Waals surface area (Å²) in [4.78, 5) is 0. The Labute approximate surface area is 64.6 Å². The summed E-state index contributed by atoms with van der Waals surface area (Å²) in [6.45, 7) is 0. The van der Waals surface area contributed by atoms with Crippen LogP contribution < -0.4 is 8.86 Å². The van der Waals surface area contributed by atoms with Crippen molar-refractivity contribution in [2.45, 2.75) is 0 Å². The zero-order valence-electron chi connectivity index (χ0n) is 4.39. The molecular weight excluding hydrogens is 293 g/mol. The Hall–Kier alpha value is -0.0579. The van der Waals surface area contributed by atoms with E-state index in [1.165, 1.54) is 3.12 Å². The van der Waals surface area contributed by atoms with E-state index in [0.717, 1.165) is 31.5 Å². The normalized spacial score (nSPS) is 9.12. The molecule has 2 heteroatoms. The molecule has 2 N–H and O–H groups in total. The first kappa shape index (κ1) is 6.07. The Balaban J connectivity index is 3.03. The number of nitrogen functional groups attached to an aromatic ring is 1. The van der Waals surface area contributed by atoms with Crippen molar-refractivity contribution < 1.29 is 0 Å². The van der Waals surface area contributed by atoms with Gasteiger partial charge >= 0.3 is 64.6 Å². The van der Waals surface area contributed by atoms with E-state index in [0.29, 0.717) is 0 Å². The number of hydrogen-bond donors (Lipinski definition) is 1. The standard InChI is InChI=1S/C6H6N.Pb/c7-6-4-2-1-3-5-6;/h2-5H,7H2;.